The average molecular weight is 383 g/mol. The van der Waals surface area contributed by atoms with E-state index >= 15 is 0 Å². The normalized spacial score (nSPS) is 37.3. The van der Waals surface area contributed by atoms with Crippen LogP contribution in [0.15, 0.2) is 47.6 Å². The Morgan fingerprint density at radius 3 is 2.79 bits per heavy atom. The van der Waals surface area contributed by atoms with Crippen molar-refractivity contribution in [2.45, 2.75) is 97.5 Å². The molecule has 3 aliphatic carbocycles. The minimum atomic E-state index is -0.178. The summed E-state index contributed by atoms with van der Waals surface area (Å²) in [6.07, 6.45) is 17.7. The molecule has 0 bridgehead atoms. The van der Waals surface area contributed by atoms with Crippen molar-refractivity contribution in [2.75, 3.05) is 0 Å². The molecule has 0 aromatic carbocycles. The van der Waals surface area contributed by atoms with E-state index in [0.29, 0.717) is 5.41 Å². The van der Waals surface area contributed by atoms with Crippen LogP contribution in [0.25, 0.3) is 0 Å². The summed E-state index contributed by atoms with van der Waals surface area (Å²) >= 11 is 0. The van der Waals surface area contributed by atoms with E-state index in [2.05, 4.69) is 46.1 Å². The third kappa shape index (κ3) is 4.73. The summed E-state index contributed by atoms with van der Waals surface area (Å²) in [6.45, 7) is 15.6. The van der Waals surface area contributed by atoms with Crippen molar-refractivity contribution in [3.63, 3.8) is 0 Å². The van der Waals surface area contributed by atoms with Crippen LogP contribution in [-0.2, 0) is 0 Å². The van der Waals surface area contributed by atoms with E-state index in [1.165, 1.54) is 68.1 Å². The Morgan fingerprint density at radius 1 is 1.25 bits per heavy atom. The minimum absolute atomic E-state index is 0.178. The fourth-order valence-corrected chi connectivity index (χ4v) is 6.54. The van der Waals surface area contributed by atoms with Gasteiger partial charge in [0.25, 0.3) is 0 Å². The van der Waals surface area contributed by atoms with Crippen LogP contribution < -0.4 is 0 Å². The van der Waals surface area contributed by atoms with Crippen LogP contribution in [0, 0.1) is 23.2 Å². The van der Waals surface area contributed by atoms with Gasteiger partial charge >= 0.3 is 0 Å². The van der Waals surface area contributed by atoms with E-state index in [1.54, 1.807) is 5.57 Å². The van der Waals surface area contributed by atoms with Crippen molar-refractivity contribution in [1.29, 1.82) is 0 Å². The molecule has 3 rings (SSSR count). The molecule has 5 atom stereocenters. The summed E-state index contributed by atoms with van der Waals surface area (Å²) in [7, 11) is 0. The molecule has 156 valence electrons. The Kier molecular flexibility index (Phi) is 7.07. The maximum atomic E-state index is 10.0. The lowest BCUT2D eigenvalue weighted by molar-refractivity contribution is 0.0935. The maximum absolute atomic E-state index is 10.0. The quantitative estimate of drug-likeness (QED) is 0.470. The van der Waals surface area contributed by atoms with Crippen LogP contribution in [0.4, 0.5) is 0 Å². The standard InChI is InChI=1S/C27H42O/c1-19(2)8-6-9-21(4)25-15-16-26-22(10-7-17-27(25,26)5)12-13-23-18-24(28)14-11-20(23)3/h12-13,21,24-26,28H,1,3,6-11,14-18H2,2,4-5H3/b22-12+,23-13-/t21-,24+,25-,26+,27-/m1/s1. The topological polar surface area (TPSA) is 20.2 Å². The first-order valence-corrected chi connectivity index (χ1v) is 11.7. The fourth-order valence-electron chi connectivity index (χ4n) is 6.54. The van der Waals surface area contributed by atoms with Gasteiger partial charge in [0.1, 0.15) is 0 Å². The highest BCUT2D eigenvalue weighted by Gasteiger charge is 2.50. The van der Waals surface area contributed by atoms with E-state index < -0.39 is 0 Å². The Hall–Kier alpha value is -1.08. The number of aliphatic hydroxyl groups is 1. The van der Waals surface area contributed by atoms with Crippen LogP contribution in [0.5, 0.6) is 0 Å². The summed E-state index contributed by atoms with van der Waals surface area (Å²) in [4.78, 5) is 0. The predicted octanol–water partition coefficient (Wildman–Crippen LogP) is 7.54. The molecular formula is C27H42O. The van der Waals surface area contributed by atoms with Crippen LogP contribution in [-0.4, -0.2) is 11.2 Å². The number of hydrogen-bond donors (Lipinski definition) is 1. The van der Waals surface area contributed by atoms with Gasteiger partial charge in [-0.15, -0.1) is 6.58 Å². The van der Waals surface area contributed by atoms with Gasteiger partial charge in [-0.25, -0.2) is 0 Å². The number of aliphatic hydroxyl groups excluding tert-OH is 1. The lowest BCUT2D eigenvalue weighted by Gasteiger charge is -2.44. The molecule has 0 aromatic heterocycles. The molecule has 0 aromatic rings. The molecule has 0 amide bonds. The van der Waals surface area contributed by atoms with Crippen LogP contribution in [0.2, 0.25) is 0 Å². The third-order valence-electron chi connectivity index (χ3n) is 8.18. The summed E-state index contributed by atoms with van der Waals surface area (Å²) in [5.41, 5.74) is 5.99. The van der Waals surface area contributed by atoms with Crippen molar-refractivity contribution < 1.29 is 5.11 Å². The van der Waals surface area contributed by atoms with Gasteiger partial charge in [-0.2, -0.15) is 0 Å². The molecule has 0 saturated heterocycles. The van der Waals surface area contributed by atoms with Gasteiger partial charge in [0.15, 0.2) is 0 Å². The van der Waals surface area contributed by atoms with Gasteiger partial charge in [0.05, 0.1) is 6.10 Å². The second kappa shape index (κ2) is 9.16. The number of fused-ring (bicyclic) bond motifs is 1. The summed E-state index contributed by atoms with van der Waals surface area (Å²) in [5.74, 6) is 2.44. The van der Waals surface area contributed by atoms with Crippen molar-refractivity contribution in [1.82, 2.24) is 0 Å². The monoisotopic (exact) mass is 382 g/mol. The first-order valence-electron chi connectivity index (χ1n) is 11.7. The van der Waals surface area contributed by atoms with Crippen LogP contribution in [0.3, 0.4) is 0 Å². The van der Waals surface area contributed by atoms with Gasteiger partial charge in [0, 0.05) is 0 Å². The Balaban J connectivity index is 1.70. The Labute approximate surface area is 173 Å². The lowest BCUT2D eigenvalue weighted by atomic mass is 9.60. The highest BCUT2D eigenvalue weighted by atomic mass is 16.3. The molecule has 1 N–H and O–H groups in total. The second-order valence-corrected chi connectivity index (χ2v) is 10.4. The van der Waals surface area contributed by atoms with Crippen molar-refractivity contribution in [2.24, 2.45) is 23.2 Å². The highest BCUT2D eigenvalue weighted by Crippen LogP contribution is 2.59. The minimum Gasteiger partial charge on any atom is -0.393 e. The van der Waals surface area contributed by atoms with E-state index in [9.17, 15) is 5.11 Å². The zero-order valence-corrected chi connectivity index (χ0v) is 18.6. The van der Waals surface area contributed by atoms with Gasteiger partial charge in [0.2, 0.25) is 0 Å². The average Bonchev–Trinajstić information content (AvgIpc) is 2.99. The van der Waals surface area contributed by atoms with Gasteiger partial charge < -0.3 is 5.11 Å². The molecular weight excluding hydrogens is 340 g/mol. The van der Waals surface area contributed by atoms with E-state index in [1.807, 2.05) is 0 Å². The molecule has 3 fully saturated rings. The van der Waals surface area contributed by atoms with Crippen molar-refractivity contribution in [3.05, 3.63) is 47.6 Å². The van der Waals surface area contributed by atoms with E-state index in [4.69, 9.17) is 0 Å². The lowest BCUT2D eigenvalue weighted by Crippen LogP contribution is -2.36. The SMILES string of the molecule is C=C(C)CCC[C@@H](C)[C@H]1CC[C@H]2/C(=C/C=C3/C[C@@H](O)CCC3=C)CCC[C@]12C. The molecule has 0 radical (unpaired) electrons. The largest absolute Gasteiger partial charge is 0.393 e. The van der Waals surface area contributed by atoms with Gasteiger partial charge in [-0.1, -0.05) is 55.7 Å². The Bertz CT molecular complexity index is 651. The zero-order valence-electron chi connectivity index (χ0n) is 18.6. The molecule has 3 aliphatic rings. The molecule has 0 heterocycles. The van der Waals surface area contributed by atoms with E-state index in [-0.39, 0.29) is 6.10 Å². The summed E-state index contributed by atoms with van der Waals surface area (Å²) in [5, 5.41) is 10.0. The zero-order chi connectivity index (χ0) is 20.3. The Morgan fingerprint density at radius 2 is 2.04 bits per heavy atom. The molecule has 1 heteroatoms. The fraction of sp³-hybridized carbons (Fsp3) is 0.704. The number of hydrogen-bond acceptors (Lipinski definition) is 1. The second-order valence-electron chi connectivity index (χ2n) is 10.4. The first-order chi connectivity index (χ1) is 13.3. The van der Waals surface area contributed by atoms with Crippen molar-refractivity contribution in [3.8, 4) is 0 Å². The molecule has 0 spiro atoms. The van der Waals surface area contributed by atoms with Crippen molar-refractivity contribution >= 4 is 0 Å². The van der Waals surface area contributed by atoms with Gasteiger partial charge in [-0.3, -0.25) is 0 Å². The highest BCUT2D eigenvalue weighted by molar-refractivity contribution is 5.36. The van der Waals surface area contributed by atoms with Gasteiger partial charge in [-0.05, 0) is 99.9 Å². The smallest absolute Gasteiger partial charge is 0.0583 e. The summed E-state index contributed by atoms with van der Waals surface area (Å²) < 4.78 is 0. The molecule has 28 heavy (non-hydrogen) atoms. The third-order valence-corrected chi connectivity index (χ3v) is 8.18. The predicted molar refractivity (Wildman–Crippen MR) is 121 cm³/mol. The van der Waals surface area contributed by atoms with Crippen LogP contribution >= 0.6 is 0 Å². The number of rotatable bonds is 6. The first kappa shape index (κ1) is 21.6. The molecule has 1 nitrogen and oxygen atoms in total. The van der Waals surface area contributed by atoms with Crippen LogP contribution in [0.1, 0.15) is 91.4 Å². The van der Waals surface area contributed by atoms with E-state index in [0.717, 1.165) is 37.0 Å². The molecule has 0 aliphatic heterocycles. The summed E-state index contributed by atoms with van der Waals surface area (Å²) in [6, 6.07) is 0. The molecule has 3 saturated carbocycles. The molecule has 0 unspecified atom stereocenters. The maximum Gasteiger partial charge on any atom is 0.0583 e. The number of allylic oxidation sites excluding steroid dienone is 5.